The summed E-state index contributed by atoms with van der Waals surface area (Å²) in [4.78, 5) is 35.7. The van der Waals surface area contributed by atoms with Crippen LogP contribution in [0.1, 0.15) is 45.4 Å². The Morgan fingerprint density at radius 1 is 1.12 bits per heavy atom. The Morgan fingerprint density at radius 3 is 2.31 bits per heavy atom. The number of hydrogen-bond acceptors (Lipinski definition) is 5. The average Bonchev–Trinajstić information content (AvgIpc) is 3.06. The highest BCUT2D eigenvalue weighted by Gasteiger charge is 2.46. The van der Waals surface area contributed by atoms with E-state index >= 15 is 0 Å². The van der Waals surface area contributed by atoms with Crippen molar-refractivity contribution in [2.75, 3.05) is 13.1 Å². The Bertz CT molecular complexity index is 681. The van der Waals surface area contributed by atoms with Crippen molar-refractivity contribution < 1.29 is 22.8 Å². The molecule has 3 aliphatic rings. The van der Waals surface area contributed by atoms with Gasteiger partial charge < -0.3 is 10.6 Å². The molecule has 3 N–H and O–H groups in total. The maximum Gasteiger partial charge on any atom is 0.321 e. The molecule has 0 aromatic rings. The summed E-state index contributed by atoms with van der Waals surface area (Å²) in [6.45, 7) is 1.91. The number of nitrogens with zero attached hydrogens (tertiary/aromatic N) is 1. The Hall–Kier alpha value is -1.68. The highest BCUT2D eigenvalue weighted by Crippen LogP contribution is 2.25. The summed E-state index contributed by atoms with van der Waals surface area (Å²) in [5, 5.41) is 6.17. The van der Waals surface area contributed by atoms with Crippen molar-refractivity contribution in [2.45, 2.75) is 62.8 Å². The maximum absolute atomic E-state index is 12.8. The SMILES string of the molecule is CC1NC(=O)NC(=O)C1S(=O)(=O)N1CCC(C(=O)NC2CCCC2)CC1. The Kier molecular flexibility index (Phi) is 5.52. The van der Waals surface area contributed by atoms with Gasteiger partial charge in [0.15, 0.2) is 5.25 Å². The highest BCUT2D eigenvalue weighted by atomic mass is 32.2. The second-order valence-electron chi connectivity index (χ2n) is 7.38. The van der Waals surface area contributed by atoms with Gasteiger partial charge in [-0.05, 0) is 32.6 Å². The van der Waals surface area contributed by atoms with E-state index in [9.17, 15) is 22.8 Å². The quantitative estimate of drug-likeness (QED) is 0.611. The van der Waals surface area contributed by atoms with E-state index in [0.717, 1.165) is 25.7 Å². The summed E-state index contributed by atoms with van der Waals surface area (Å²) in [7, 11) is -3.90. The summed E-state index contributed by atoms with van der Waals surface area (Å²) in [6, 6.07) is -1.24. The third kappa shape index (κ3) is 3.85. The molecule has 0 aromatic heterocycles. The second-order valence-corrected chi connectivity index (χ2v) is 9.43. The molecule has 9 nitrogen and oxygen atoms in total. The minimum atomic E-state index is -3.90. The van der Waals surface area contributed by atoms with Crippen LogP contribution >= 0.6 is 0 Å². The molecule has 2 unspecified atom stereocenters. The van der Waals surface area contributed by atoms with Crippen LogP contribution in [0.4, 0.5) is 4.79 Å². The van der Waals surface area contributed by atoms with Crippen LogP contribution in [0, 0.1) is 5.92 Å². The molecule has 10 heteroatoms. The zero-order chi connectivity index (χ0) is 18.9. The van der Waals surface area contributed by atoms with Gasteiger partial charge in [0.25, 0.3) is 0 Å². The molecular weight excluding hydrogens is 360 g/mol. The van der Waals surface area contributed by atoms with Gasteiger partial charge in [-0.1, -0.05) is 12.8 Å². The van der Waals surface area contributed by atoms with Gasteiger partial charge in [0.1, 0.15) is 0 Å². The van der Waals surface area contributed by atoms with Crippen molar-refractivity contribution in [3.8, 4) is 0 Å². The lowest BCUT2D eigenvalue weighted by atomic mass is 9.97. The first kappa shape index (κ1) is 19.1. The minimum absolute atomic E-state index is 0.00462. The summed E-state index contributed by atoms with van der Waals surface area (Å²) in [5.74, 6) is -0.994. The molecule has 0 bridgehead atoms. The smallest absolute Gasteiger partial charge is 0.321 e. The average molecular weight is 386 g/mol. The lowest BCUT2D eigenvalue weighted by molar-refractivity contribution is -0.127. The van der Waals surface area contributed by atoms with E-state index in [1.807, 2.05) is 5.32 Å². The molecule has 3 rings (SSSR count). The highest BCUT2D eigenvalue weighted by molar-refractivity contribution is 7.90. The standard InChI is InChI=1S/C16H26N4O5S/c1-10-13(15(22)19-16(23)17-10)26(24,25)20-8-6-11(7-9-20)14(21)18-12-4-2-3-5-12/h10-13H,2-9H2,1H3,(H,18,21)(H2,17,19,22,23). The Labute approximate surface area is 153 Å². The number of urea groups is 1. The molecule has 2 saturated heterocycles. The third-order valence-corrected chi connectivity index (χ3v) is 7.86. The van der Waals surface area contributed by atoms with Crippen LogP contribution in [0.2, 0.25) is 0 Å². The topological polar surface area (TPSA) is 125 Å². The third-order valence-electron chi connectivity index (χ3n) is 5.52. The van der Waals surface area contributed by atoms with Crippen molar-refractivity contribution in [3.05, 3.63) is 0 Å². The fourth-order valence-corrected chi connectivity index (χ4v) is 6.00. The van der Waals surface area contributed by atoms with Crippen molar-refractivity contribution in [1.82, 2.24) is 20.3 Å². The monoisotopic (exact) mass is 386 g/mol. The number of carbonyl (C=O) groups excluding carboxylic acids is 3. The van der Waals surface area contributed by atoms with E-state index in [1.165, 1.54) is 11.2 Å². The van der Waals surface area contributed by atoms with Crippen LogP contribution < -0.4 is 16.0 Å². The number of rotatable bonds is 4. The van der Waals surface area contributed by atoms with E-state index in [4.69, 9.17) is 0 Å². The van der Waals surface area contributed by atoms with Crippen molar-refractivity contribution in [2.24, 2.45) is 5.92 Å². The molecule has 146 valence electrons. The predicted molar refractivity (Wildman–Crippen MR) is 93.5 cm³/mol. The molecule has 26 heavy (non-hydrogen) atoms. The molecule has 0 spiro atoms. The maximum atomic E-state index is 12.8. The number of piperidine rings is 1. The fourth-order valence-electron chi connectivity index (χ4n) is 4.04. The van der Waals surface area contributed by atoms with E-state index < -0.39 is 33.3 Å². The number of imide groups is 1. The van der Waals surface area contributed by atoms with Crippen LogP contribution in [0.3, 0.4) is 0 Å². The largest absolute Gasteiger partial charge is 0.353 e. The summed E-state index contributed by atoms with van der Waals surface area (Å²) in [6.07, 6.45) is 5.18. The van der Waals surface area contributed by atoms with Gasteiger partial charge in [-0.15, -0.1) is 0 Å². The summed E-state index contributed by atoms with van der Waals surface area (Å²) in [5.41, 5.74) is 0. The summed E-state index contributed by atoms with van der Waals surface area (Å²) < 4.78 is 26.9. The molecule has 1 aliphatic carbocycles. The normalized spacial score (nSPS) is 29.3. The number of nitrogens with one attached hydrogen (secondary N) is 3. The van der Waals surface area contributed by atoms with Crippen LogP contribution in [0.15, 0.2) is 0 Å². The van der Waals surface area contributed by atoms with E-state index in [0.29, 0.717) is 12.8 Å². The first-order chi connectivity index (χ1) is 12.3. The fraction of sp³-hybridized carbons (Fsp3) is 0.812. The van der Waals surface area contributed by atoms with Gasteiger partial charge in [0.05, 0.1) is 6.04 Å². The van der Waals surface area contributed by atoms with Gasteiger partial charge in [0, 0.05) is 25.0 Å². The lowest BCUT2D eigenvalue weighted by Gasteiger charge is -2.36. The van der Waals surface area contributed by atoms with Gasteiger partial charge in [0.2, 0.25) is 21.8 Å². The van der Waals surface area contributed by atoms with Crippen molar-refractivity contribution in [1.29, 1.82) is 0 Å². The number of carbonyl (C=O) groups is 3. The van der Waals surface area contributed by atoms with E-state index in [-0.39, 0.29) is 31.0 Å². The van der Waals surface area contributed by atoms with Gasteiger partial charge in [-0.25, -0.2) is 17.5 Å². The number of hydrogen-bond donors (Lipinski definition) is 3. The molecule has 0 radical (unpaired) electrons. The molecule has 0 aromatic carbocycles. The molecular formula is C16H26N4O5S. The second kappa shape index (κ2) is 7.51. The van der Waals surface area contributed by atoms with Crippen molar-refractivity contribution >= 4 is 27.9 Å². The Morgan fingerprint density at radius 2 is 1.73 bits per heavy atom. The zero-order valence-corrected chi connectivity index (χ0v) is 15.7. The molecule has 2 atom stereocenters. The first-order valence-electron chi connectivity index (χ1n) is 9.19. The predicted octanol–water partition coefficient (Wildman–Crippen LogP) is -0.316. The van der Waals surface area contributed by atoms with Gasteiger partial charge >= 0.3 is 6.03 Å². The molecule has 2 aliphatic heterocycles. The number of amides is 4. The number of sulfonamides is 1. The first-order valence-corrected chi connectivity index (χ1v) is 10.7. The molecule has 1 saturated carbocycles. The van der Waals surface area contributed by atoms with Gasteiger partial charge in [-0.3, -0.25) is 14.9 Å². The van der Waals surface area contributed by atoms with Crippen LogP contribution in [0.5, 0.6) is 0 Å². The van der Waals surface area contributed by atoms with Gasteiger partial charge in [-0.2, -0.15) is 0 Å². The molecule has 3 fully saturated rings. The van der Waals surface area contributed by atoms with E-state index in [2.05, 4.69) is 10.6 Å². The summed E-state index contributed by atoms with van der Waals surface area (Å²) >= 11 is 0. The van der Waals surface area contributed by atoms with E-state index in [1.54, 1.807) is 0 Å². The minimum Gasteiger partial charge on any atom is -0.353 e. The van der Waals surface area contributed by atoms with Crippen molar-refractivity contribution in [3.63, 3.8) is 0 Å². The van der Waals surface area contributed by atoms with Crippen LogP contribution in [0.25, 0.3) is 0 Å². The Balaban J connectivity index is 1.58. The zero-order valence-electron chi connectivity index (χ0n) is 14.9. The molecule has 4 amide bonds. The van der Waals surface area contributed by atoms with Crippen LogP contribution in [-0.4, -0.2) is 61.0 Å². The lowest BCUT2D eigenvalue weighted by Crippen LogP contribution is -2.64. The van der Waals surface area contributed by atoms with Crippen LogP contribution in [-0.2, 0) is 19.6 Å². The molecule has 2 heterocycles.